The molecule has 2 saturated carbocycles. The summed E-state index contributed by atoms with van der Waals surface area (Å²) in [6, 6.07) is 21.0. The van der Waals surface area contributed by atoms with Crippen LogP contribution in [0.1, 0.15) is 90.4 Å². The summed E-state index contributed by atoms with van der Waals surface area (Å²) in [5.41, 5.74) is 5.38. The largest absolute Gasteiger partial charge is 0.478 e. The molecule has 2 fully saturated rings. The molecule has 0 radical (unpaired) electrons. The summed E-state index contributed by atoms with van der Waals surface area (Å²) < 4.78 is 12.5. The second-order valence-corrected chi connectivity index (χ2v) is 12.7. The number of para-hydroxylation sites is 2. The Hall–Kier alpha value is -4.30. The molecule has 0 saturated heterocycles. The molecule has 256 valence electrons. The second kappa shape index (κ2) is 18.9. The molecule has 0 bridgehead atoms. The van der Waals surface area contributed by atoms with Crippen molar-refractivity contribution in [3.05, 3.63) is 94.5 Å². The molecule has 0 aromatic heterocycles. The molecule has 3 aromatic rings. The first-order valence-corrected chi connectivity index (χ1v) is 17.1. The number of amides is 2. The van der Waals surface area contributed by atoms with Gasteiger partial charge in [0.25, 0.3) is 0 Å². The molecular formula is C39H49N3O6. The predicted molar refractivity (Wildman–Crippen MR) is 188 cm³/mol. The first kappa shape index (κ1) is 36.5. The summed E-state index contributed by atoms with van der Waals surface area (Å²) in [5.74, 6) is -0.916. The van der Waals surface area contributed by atoms with Crippen LogP contribution < -0.4 is 5.32 Å². The topological polar surface area (TPSA) is 118 Å². The van der Waals surface area contributed by atoms with Gasteiger partial charge in [-0.15, -0.1) is 0 Å². The highest BCUT2D eigenvalue weighted by Gasteiger charge is 2.28. The van der Waals surface area contributed by atoms with Gasteiger partial charge in [0.15, 0.2) is 0 Å². The van der Waals surface area contributed by atoms with Gasteiger partial charge < -0.3 is 24.8 Å². The Morgan fingerprint density at radius 3 is 2.19 bits per heavy atom. The van der Waals surface area contributed by atoms with Gasteiger partial charge in [-0.1, -0.05) is 73.9 Å². The number of ether oxygens (including phenoxy) is 2. The van der Waals surface area contributed by atoms with Crippen LogP contribution in [-0.2, 0) is 20.9 Å². The number of nitrogens with zero attached hydrogens (tertiary/aromatic N) is 2. The standard InChI is InChI=1S/C31H42N2O5.C8H7NO/c1-22-10-6-7-17-28(22)32-31(36)33(25-13-4-3-5-14-25)18-19-37-26-15-9-16-27(20-26)38-21-24-12-8-11-23(2)29(24)30(34)35;1-7-4-2-3-5-8(7)9-6-10/h6-8,10-12,17,25-27H,3-5,9,13-16,18-21H2,1-2H3,(H,32,36)(H,34,35);2-5H,1H3/t26-,27+;/m1./s1. The molecule has 2 atom stereocenters. The summed E-state index contributed by atoms with van der Waals surface area (Å²) in [5, 5.41) is 12.7. The molecule has 2 amide bonds. The zero-order valence-electron chi connectivity index (χ0n) is 28.5. The molecule has 5 rings (SSSR count). The van der Waals surface area contributed by atoms with Gasteiger partial charge in [0.1, 0.15) is 0 Å². The lowest BCUT2D eigenvalue weighted by atomic mass is 9.94. The van der Waals surface area contributed by atoms with Gasteiger partial charge in [-0.25, -0.2) is 14.4 Å². The minimum Gasteiger partial charge on any atom is -0.478 e. The number of carbonyl (C=O) groups excluding carboxylic acids is 2. The van der Waals surface area contributed by atoms with Crippen LogP contribution >= 0.6 is 0 Å². The quantitative estimate of drug-likeness (QED) is 0.158. The lowest BCUT2D eigenvalue weighted by Crippen LogP contribution is -2.46. The van der Waals surface area contributed by atoms with E-state index in [1.54, 1.807) is 6.07 Å². The van der Waals surface area contributed by atoms with Gasteiger partial charge in [-0.05, 0) is 93.7 Å². The van der Waals surface area contributed by atoms with Crippen molar-refractivity contribution >= 4 is 29.5 Å². The van der Waals surface area contributed by atoms with E-state index >= 15 is 0 Å². The van der Waals surface area contributed by atoms with Crippen molar-refractivity contribution in [1.29, 1.82) is 0 Å². The Kier molecular flexibility index (Phi) is 14.4. The number of aryl methyl sites for hydroxylation is 3. The number of benzene rings is 3. The number of aliphatic imine (C=N–C) groups is 1. The smallest absolute Gasteiger partial charge is 0.336 e. The highest BCUT2D eigenvalue weighted by molar-refractivity contribution is 5.91. The van der Waals surface area contributed by atoms with Crippen LogP contribution in [0.15, 0.2) is 71.7 Å². The number of carbonyl (C=O) groups is 2. The van der Waals surface area contributed by atoms with Crippen LogP contribution in [-0.4, -0.2) is 59.5 Å². The lowest BCUT2D eigenvalue weighted by molar-refractivity contribution is -0.0535. The average Bonchev–Trinajstić information content (AvgIpc) is 3.08. The van der Waals surface area contributed by atoms with Crippen molar-refractivity contribution in [2.24, 2.45) is 4.99 Å². The number of isocyanates is 1. The van der Waals surface area contributed by atoms with Crippen LogP contribution in [0.5, 0.6) is 0 Å². The zero-order valence-corrected chi connectivity index (χ0v) is 28.5. The Labute approximate surface area is 284 Å². The number of anilines is 1. The average molecular weight is 656 g/mol. The van der Waals surface area contributed by atoms with Gasteiger partial charge in [0, 0.05) is 18.3 Å². The van der Waals surface area contributed by atoms with Crippen LogP contribution in [0.4, 0.5) is 16.2 Å². The third-order valence-electron chi connectivity index (χ3n) is 9.26. The van der Waals surface area contributed by atoms with Gasteiger partial charge in [-0.3, -0.25) is 0 Å². The number of nitrogens with one attached hydrogen (secondary N) is 1. The SMILES string of the molecule is Cc1ccccc1N=C=O.Cc1ccccc1NC(=O)N(CCO[C@@H]1CCC[C@H](OCc2cccc(C)c2C(=O)O)C1)C1CCCCC1. The van der Waals surface area contributed by atoms with Crippen molar-refractivity contribution in [2.45, 2.75) is 103 Å². The highest BCUT2D eigenvalue weighted by atomic mass is 16.5. The van der Waals surface area contributed by atoms with E-state index in [0.29, 0.717) is 30.0 Å². The molecule has 48 heavy (non-hydrogen) atoms. The fourth-order valence-electron chi connectivity index (χ4n) is 6.57. The molecule has 0 spiro atoms. The van der Waals surface area contributed by atoms with Crippen molar-refractivity contribution in [1.82, 2.24) is 4.90 Å². The fourth-order valence-corrected chi connectivity index (χ4v) is 6.57. The number of rotatable bonds is 11. The Bertz CT molecular complexity index is 1550. The summed E-state index contributed by atoms with van der Waals surface area (Å²) in [7, 11) is 0. The minimum absolute atomic E-state index is 0.0368. The maximum Gasteiger partial charge on any atom is 0.336 e. The number of carboxylic acids is 1. The first-order valence-electron chi connectivity index (χ1n) is 17.1. The van der Waals surface area contributed by atoms with Crippen molar-refractivity contribution in [3.63, 3.8) is 0 Å². The van der Waals surface area contributed by atoms with Gasteiger partial charge in [0.2, 0.25) is 6.08 Å². The van der Waals surface area contributed by atoms with E-state index in [0.717, 1.165) is 73.7 Å². The molecule has 3 aromatic carbocycles. The van der Waals surface area contributed by atoms with Gasteiger partial charge in [-0.2, -0.15) is 4.99 Å². The summed E-state index contributed by atoms with van der Waals surface area (Å²) in [6.07, 6.45) is 11.0. The molecule has 9 nitrogen and oxygen atoms in total. The molecule has 0 heterocycles. The molecule has 9 heteroatoms. The molecule has 2 aliphatic rings. The second-order valence-electron chi connectivity index (χ2n) is 12.7. The molecule has 2 aliphatic carbocycles. The fraction of sp³-hybridized carbons (Fsp3) is 0.462. The summed E-state index contributed by atoms with van der Waals surface area (Å²) >= 11 is 0. The van der Waals surface area contributed by atoms with Crippen LogP contribution in [0, 0.1) is 20.8 Å². The van der Waals surface area contributed by atoms with E-state index in [9.17, 15) is 19.5 Å². The number of hydrogen-bond acceptors (Lipinski definition) is 6. The third kappa shape index (κ3) is 10.9. The molecule has 0 unspecified atom stereocenters. The number of hydrogen-bond donors (Lipinski definition) is 2. The minimum atomic E-state index is -0.916. The Morgan fingerprint density at radius 2 is 1.50 bits per heavy atom. The van der Waals surface area contributed by atoms with Crippen molar-refractivity contribution in [2.75, 3.05) is 18.5 Å². The first-order chi connectivity index (χ1) is 23.3. The maximum atomic E-state index is 13.3. The van der Waals surface area contributed by atoms with Crippen LogP contribution in [0.2, 0.25) is 0 Å². The van der Waals surface area contributed by atoms with E-state index < -0.39 is 5.97 Å². The summed E-state index contributed by atoms with van der Waals surface area (Å²) in [4.78, 5) is 40.3. The van der Waals surface area contributed by atoms with E-state index in [-0.39, 0.29) is 30.9 Å². The van der Waals surface area contributed by atoms with E-state index in [4.69, 9.17) is 9.47 Å². The number of aromatic carboxylic acids is 1. The van der Waals surface area contributed by atoms with Crippen LogP contribution in [0.25, 0.3) is 0 Å². The lowest BCUT2D eigenvalue weighted by Gasteiger charge is -2.35. The van der Waals surface area contributed by atoms with E-state index in [1.165, 1.54) is 12.5 Å². The van der Waals surface area contributed by atoms with E-state index in [1.807, 2.05) is 86.3 Å². The van der Waals surface area contributed by atoms with Crippen molar-refractivity contribution < 1.29 is 29.0 Å². The molecule has 2 N–H and O–H groups in total. The Balaban J connectivity index is 0.000000445. The number of carboxylic acid groups (broad SMARTS) is 1. The monoisotopic (exact) mass is 655 g/mol. The third-order valence-corrected chi connectivity index (χ3v) is 9.26. The highest BCUT2D eigenvalue weighted by Crippen LogP contribution is 2.27. The predicted octanol–water partition coefficient (Wildman–Crippen LogP) is 8.68. The van der Waals surface area contributed by atoms with E-state index in [2.05, 4.69) is 10.3 Å². The maximum absolute atomic E-state index is 13.3. The molecule has 0 aliphatic heterocycles. The van der Waals surface area contributed by atoms with Crippen molar-refractivity contribution in [3.8, 4) is 0 Å². The zero-order chi connectivity index (χ0) is 34.3. The van der Waals surface area contributed by atoms with Gasteiger partial charge >= 0.3 is 12.0 Å². The normalized spacial score (nSPS) is 17.7. The molecular weight excluding hydrogens is 606 g/mol. The van der Waals surface area contributed by atoms with Gasteiger partial charge in [0.05, 0.1) is 36.7 Å². The number of urea groups is 1. The van der Waals surface area contributed by atoms with Crippen LogP contribution in [0.3, 0.4) is 0 Å². The summed E-state index contributed by atoms with van der Waals surface area (Å²) in [6.45, 7) is 7.07. The Morgan fingerprint density at radius 1 is 0.833 bits per heavy atom.